The van der Waals surface area contributed by atoms with Gasteiger partial charge in [-0.15, -0.1) is 0 Å². The van der Waals surface area contributed by atoms with E-state index in [-0.39, 0.29) is 5.91 Å². The lowest BCUT2D eigenvalue weighted by Crippen LogP contribution is -2.36. The number of rotatable bonds is 8. The Labute approximate surface area is 178 Å². The molecule has 0 atom stereocenters. The van der Waals surface area contributed by atoms with Crippen LogP contribution in [-0.4, -0.2) is 34.6 Å². The number of sulfonamides is 1. The number of benzene rings is 2. The van der Waals surface area contributed by atoms with Gasteiger partial charge in [0.1, 0.15) is 0 Å². The molecule has 0 spiro atoms. The second-order valence-electron chi connectivity index (χ2n) is 8.15. The maximum absolute atomic E-state index is 12.8. The molecule has 2 aromatic carbocycles. The topological polar surface area (TPSA) is 84.5 Å². The van der Waals surface area contributed by atoms with Crippen molar-refractivity contribution in [2.45, 2.75) is 48.8 Å². The third-order valence-corrected chi connectivity index (χ3v) is 7.48. The molecule has 1 fully saturated rings. The van der Waals surface area contributed by atoms with Gasteiger partial charge in [0.25, 0.3) is 10.0 Å². The molecule has 4 rings (SSSR count). The summed E-state index contributed by atoms with van der Waals surface area (Å²) in [6.07, 6.45) is 5.81. The lowest BCUT2D eigenvalue weighted by atomic mass is 9.92. The first-order chi connectivity index (χ1) is 14.4. The van der Waals surface area contributed by atoms with Crippen LogP contribution < -0.4 is 10.0 Å². The molecule has 0 aromatic heterocycles. The molecule has 0 aliphatic heterocycles. The van der Waals surface area contributed by atoms with E-state index in [9.17, 15) is 13.2 Å². The van der Waals surface area contributed by atoms with Crippen molar-refractivity contribution in [2.24, 2.45) is 0 Å². The summed E-state index contributed by atoms with van der Waals surface area (Å²) in [6, 6.07) is 12.6. The van der Waals surface area contributed by atoms with E-state index in [0.29, 0.717) is 23.7 Å². The lowest BCUT2D eigenvalue weighted by Gasteiger charge is -2.18. The molecule has 0 heterocycles. The maximum atomic E-state index is 12.8. The Morgan fingerprint density at radius 2 is 1.73 bits per heavy atom. The minimum atomic E-state index is -3.65. The molecule has 30 heavy (non-hydrogen) atoms. The molecule has 160 valence electrons. The normalized spacial score (nSPS) is 17.1. The first-order valence-electron chi connectivity index (χ1n) is 10.5. The number of methoxy groups -OCH3 is 1. The number of aryl methyl sites for hydroxylation is 2. The predicted octanol–water partition coefficient (Wildman–Crippen LogP) is 3.16. The van der Waals surface area contributed by atoms with E-state index in [2.05, 4.69) is 10.0 Å². The van der Waals surface area contributed by atoms with Crippen LogP contribution in [0.4, 0.5) is 5.69 Å². The van der Waals surface area contributed by atoms with Gasteiger partial charge in [0.15, 0.2) is 0 Å². The molecular formula is C23H28N2O4S. The van der Waals surface area contributed by atoms with E-state index in [1.165, 1.54) is 5.56 Å². The fraction of sp³-hybridized carbons (Fsp3) is 0.435. The fourth-order valence-corrected chi connectivity index (χ4v) is 5.26. The Morgan fingerprint density at radius 3 is 2.40 bits per heavy atom. The molecule has 2 aliphatic rings. The Kier molecular flexibility index (Phi) is 5.84. The van der Waals surface area contributed by atoms with Crippen molar-refractivity contribution >= 4 is 21.6 Å². The van der Waals surface area contributed by atoms with Crippen LogP contribution in [0.3, 0.4) is 0 Å². The van der Waals surface area contributed by atoms with Crippen LogP contribution in [0.1, 0.15) is 42.4 Å². The van der Waals surface area contributed by atoms with Crippen LogP contribution >= 0.6 is 0 Å². The number of carbonyl (C=O) groups is 1. The van der Waals surface area contributed by atoms with Gasteiger partial charge in [-0.3, -0.25) is 9.52 Å². The van der Waals surface area contributed by atoms with Crippen molar-refractivity contribution in [1.29, 1.82) is 0 Å². The molecule has 0 unspecified atom stereocenters. The molecule has 1 saturated carbocycles. The van der Waals surface area contributed by atoms with Crippen LogP contribution in [0.2, 0.25) is 0 Å². The number of carbonyl (C=O) groups excluding carboxylic acids is 1. The smallest absolute Gasteiger partial charge is 0.261 e. The molecule has 2 aliphatic carbocycles. The van der Waals surface area contributed by atoms with Crippen LogP contribution in [0.5, 0.6) is 0 Å². The van der Waals surface area contributed by atoms with Gasteiger partial charge in [-0.2, -0.15) is 0 Å². The number of fused-ring (bicyclic) bond motifs is 1. The van der Waals surface area contributed by atoms with Gasteiger partial charge in [-0.05, 0) is 79.5 Å². The van der Waals surface area contributed by atoms with Crippen LogP contribution in [0, 0.1) is 0 Å². The highest BCUT2D eigenvalue weighted by atomic mass is 32.2. The lowest BCUT2D eigenvalue weighted by molar-refractivity contribution is -0.123. The Bertz CT molecular complexity index is 1030. The van der Waals surface area contributed by atoms with E-state index < -0.39 is 15.4 Å². The number of nitrogens with one attached hydrogen (secondary N) is 2. The molecule has 2 N–H and O–H groups in total. The number of anilines is 1. The van der Waals surface area contributed by atoms with Crippen molar-refractivity contribution in [3.8, 4) is 0 Å². The molecule has 0 bridgehead atoms. The summed E-state index contributed by atoms with van der Waals surface area (Å²) < 4.78 is 33.3. The van der Waals surface area contributed by atoms with Gasteiger partial charge < -0.3 is 10.1 Å². The van der Waals surface area contributed by atoms with Crippen molar-refractivity contribution in [2.75, 3.05) is 25.0 Å². The molecule has 6 nitrogen and oxygen atoms in total. The minimum absolute atomic E-state index is 0.00180. The van der Waals surface area contributed by atoms with Gasteiger partial charge in [0, 0.05) is 19.3 Å². The maximum Gasteiger partial charge on any atom is 0.261 e. The quantitative estimate of drug-likeness (QED) is 0.633. The fourth-order valence-electron chi connectivity index (χ4n) is 4.16. The molecule has 7 heteroatoms. The molecular weight excluding hydrogens is 400 g/mol. The molecule has 2 aromatic rings. The summed E-state index contributed by atoms with van der Waals surface area (Å²) in [5.74, 6) is 0.00180. The van der Waals surface area contributed by atoms with Crippen LogP contribution in [0.15, 0.2) is 47.4 Å². The van der Waals surface area contributed by atoms with Gasteiger partial charge in [0.2, 0.25) is 5.91 Å². The molecule has 0 saturated heterocycles. The van der Waals surface area contributed by atoms with E-state index in [1.54, 1.807) is 31.4 Å². The zero-order chi connectivity index (χ0) is 21.2. The standard InChI is InChI=1S/C23H28N2O4S/c1-29-15-14-24-22(26)23(12-13-23)19-7-9-20(10-8-19)25-30(27,28)21-11-6-17-4-2-3-5-18(17)16-21/h6-11,16,25H,2-5,12-15H2,1H3,(H,24,26). The SMILES string of the molecule is COCCNC(=O)C1(c2ccc(NS(=O)(=O)c3ccc4c(c3)CCCC4)cc2)CC1. The summed E-state index contributed by atoms with van der Waals surface area (Å²) in [7, 11) is -2.05. The highest BCUT2D eigenvalue weighted by Crippen LogP contribution is 2.48. The second-order valence-corrected chi connectivity index (χ2v) is 9.83. The summed E-state index contributed by atoms with van der Waals surface area (Å²) in [5.41, 5.74) is 3.29. The molecule has 0 radical (unpaired) electrons. The second kappa shape index (κ2) is 8.40. The average molecular weight is 429 g/mol. The minimum Gasteiger partial charge on any atom is -0.383 e. The largest absolute Gasteiger partial charge is 0.383 e. The van der Waals surface area contributed by atoms with Crippen LogP contribution in [0.25, 0.3) is 0 Å². The van der Waals surface area contributed by atoms with E-state index in [4.69, 9.17) is 4.74 Å². The molecule has 1 amide bonds. The van der Waals surface area contributed by atoms with Gasteiger partial charge >= 0.3 is 0 Å². The number of ether oxygens (including phenoxy) is 1. The van der Waals surface area contributed by atoms with E-state index in [1.807, 2.05) is 18.2 Å². The van der Waals surface area contributed by atoms with E-state index >= 15 is 0 Å². The zero-order valence-corrected chi connectivity index (χ0v) is 18.1. The zero-order valence-electron chi connectivity index (χ0n) is 17.2. The predicted molar refractivity (Wildman–Crippen MR) is 116 cm³/mol. The van der Waals surface area contributed by atoms with E-state index in [0.717, 1.165) is 49.7 Å². The van der Waals surface area contributed by atoms with Crippen molar-refractivity contribution in [3.63, 3.8) is 0 Å². The van der Waals surface area contributed by atoms with Crippen molar-refractivity contribution in [3.05, 3.63) is 59.2 Å². The first kappa shape index (κ1) is 20.9. The number of hydrogen-bond acceptors (Lipinski definition) is 4. The third kappa shape index (κ3) is 4.23. The van der Waals surface area contributed by atoms with Gasteiger partial charge in [-0.1, -0.05) is 18.2 Å². The van der Waals surface area contributed by atoms with Crippen molar-refractivity contribution < 1.29 is 17.9 Å². The summed E-state index contributed by atoms with van der Waals surface area (Å²) in [5, 5.41) is 2.91. The Morgan fingerprint density at radius 1 is 1.03 bits per heavy atom. The Balaban J connectivity index is 1.46. The summed E-state index contributed by atoms with van der Waals surface area (Å²) in [4.78, 5) is 12.8. The Hall–Kier alpha value is -2.38. The highest BCUT2D eigenvalue weighted by Gasteiger charge is 2.51. The highest BCUT2D eigenvalue weighted by molar-refractivity contribution is 7.92. The van der Waals surface area contributed by atoms with Crippen LogP contribution in [-0.2, 0) is 37.8 Å². The monoisotopic (exact) mass is 428 g/mol. The van der Waals surface area contributed by atoms with Crippen molar-refractivity contribution in [1.82, 2.24) is 5.32 Å². The number of hydrogen-bond donors (Lipinski definition) is 2. The summed E-state index contributed by atoms with van der Waals surface area (Å²) >= 11 is 0. The van der Waals surface area contributed by atoms with Gasteiger partial charge in [-0.25, -0.2) is 8.42 Å². The number of amides is 1. The summed E-state index contributed by atoms with van der Waals surface area (Å²) in [6.45, 7) is 0.959. The van der Waals surface area contributed by atoms with Gasteiger partial charge in [0.05, 0.1) is 16.9 Å². The third-order valence-electron chi connectivity index (χ3n) is 6.10. The first-order valence-corrected chi connectivity index (χ1v) is 12.0. The average Bonchev–Trinajstić information content (AvgIpc) is 3.56.